The third-order valence-electron chi connectivity index (χ3n) is 3.82. The van der Waals surface area contributed by atoms with Crippen molar-refractivity contribution >= 4 is 40.2 Å². The number of anilines is 1. The summed E-state index contributed by atoms with van der Waals surface area (Å²) >= 11 is 2.12. The maximum Gasteiger partial charge on any atom is 0.306 e. The number of hydrogen-bond acceptors (Lipinski definition) is 6. The summed E-state index contributed by atoms with van der Waals surface area (Å²) in [6.45, 7) is 1.65. The molecule has 144 valence electrons. The van der Waals surface area contributed by atoms with Crippen LogP contribution < -0.4 is 5.32 Å². The molecule has 0 atom stereocenters. The van der Waals surface area contributed by atoms with Crippen molar-refractivity contribution in [1.29, 1.82) is 0 Å². The zero-order chi connectivity index (χ0) is 19.9. The lowest BCUT2D eigenvalue weighted by Crippen LogP contribution is -2.21. The molecule has 0 unspecified atom stereocenters. The number of ether oxygens (including phenoxy) is 1. The summed E-state index contributed by atoms with van der Waals surface area (Å²) in [4.78, 5) is 23.8. The summed E-state index contributed by atoms with van der Waals surface area (Å²) in [5.74, 6) is -0.152. The molecule has 0 aliphatic heterocycles. The maximum absolute atomic E-state index is 11.9. The highest BCUT2D eigenvalue weighted by Crippen LogP contribution is 2.19. The number of amides is 1. The van der Waals surface area contributed by atoms with Gasteiger partial charge in [0.15, 0.2) is 6.61 Å². The number of halogens is 1. The molecule has 0 bridgehead atoms. The van der Waals surface area contributed by atoms with Gasteiger partial charge in [-0.15, -0.1) is 10.2 Å². The van der Waals surface area contributed by atoms with E-state index in [1.165, 1.54) is 0 Å². The second-order valence-corrected chi connectivity index (χ2v) is 7.22. The van der Waals surface area contributed by atoms with Crippen LogP contribution in [0.2, 0.25) is 0 Å². The summed E-state index contributed by atoms with van der Waals surface area (Å²) in [5.41, 5.74) is 2.63. The van der Waals surface area contributed by atoms with Crippen molar-refractivity contribution in [3.63, 3.8) is 0 Å². The van der Waals surface area contributed by atoms with Crippen LogP contribution in [0.15, 0.2) is 52.9 Å². The number of hydrogen-bond donors (Lipinski definition) is 1. The Balaban J connectivity index is 1.44. The van der Waals surface area contributed by atoms with Gasteiger partial charge in [0.05, 0.1) is 12.1 Å². The number of nitrogens with zero attached hydrogens (tertiary/aromatic N) is 2. The molecule has 2 aromatic carbocycles. The van der Waals surface area contributed by atoms with E-state index in [1.54, 1.807) is 6.07 Å². The topological polar surface area (TPSA) is 94.3 Å². The van der Waals surface area contributed by atoms with Gasteiger partial charge in [-0.2, -0.15) is 0 Å². The Kier molecular flexibility index (Phi) is 6.75. The highest BCUT2D eigenvalue weighted by atomic mass is 127. The fourth-order valence-corrected chi connectivity index (χ4v) is 2.87. The number of benzene rings is 2. The molecule has 1 N–H and O–H groups in total. The second-order valence-electron chi connectivity index (χ2n) is 6.06. The van der Waals surface area contributed by atoms with Gasteiger partial charge in [-0.3, -0.25) is 9.59 Å². The van der Waals surface area contributed by atoms with Gasteiger partial charge in [-0.1, -0.05) is 29.8 Å². The van der Waals surface area contributed by atoms with E-state index >= 15 is 0 Å². The maximum atomic E-state index is 11.9. The first-order valence-electron chi connectivity index (χ1n) is 8.60. The van der Waals surface area contributed by atoms with Gasteiger partial charge in [0, 0.05) is 15.6 Å². The van der Waals surface area contributed by atoms with Crippen molar-refractivity contribution < 1.29 is 18.7 Å². The fourth-order valence-electron chi connectivity index (χ4n) is 2.34. The van der Waals surface area contributed by atoms with Gasteiger partial charge < -0.3 is 14.5 Å². The van der Waals surface area contributed by atoms with Crippen LogP contribution in [-0.4, -0.2) is 28.7 Å². The highest BCUT2D eigenvalue weighted by Gasteiger charge is 2.13. The van der Waals surface area contributed by atoms with Crippen LogP contribution in [0.25, 0.3) is 11.5 Å². The van der Waals surface area contributed by atoms with Crippen molar-refractivity contribution in [1.82, 2.24) is 10.2 Å². The predicted molar refractivity (Wildman–Crippen MR) is 112 cm³/mol. The summed E-state index contributed by atoms with van der Waals surface area (Å²) in [5, 5.41) is 10.6. The first-order valence-corrected chi connectivity index (χ1v) is 9.68. The van der Waals surface area contributed by atoms with Crippen LogP contribution in [0.3, 0.4) is 0 Å². The number of aryl methyl sites for hydroxylation is 2. The quantitative estimate of drug-likeness (QED) is 0.400. The number of rotatable bonds is 7. The molecule has 0 saturated carbocycles. The Morgan fingerprint density at radius 3 is 2.61 bits per heavy atom. The average molecular weight is 491 g/mol. The highest BCUT2D eigenvalue weighted by molar-refractivity contribution is 14.1. The average Bonchev–Trinajstić information content (AvgIpc) is 3.16. The van der Waals surface area contributed by atoms with E-state index in [0.29, 0.717) is 17.5 Å². The second kappa shape index (κ2) is 9.45. The lowest BCUT2D eigenvalue weighted by atomic mass is 10.1. The van der Waals surface area contributed by atoms with E-state index in [9.17, 15) is 9.59 Å². The van der Waals surface area contributed by atoms with Gasteiger partial charge in [0.1, 0.15) is 0 Å². The van der Waals surface area contributed by atoms with Crippen LogP contribution in [0.4, 0.5) is 5.69 Å². The van der Waals surface area contributed by atoms with Gasteiger partial charge in [0.25, 0.3) is 5.91 Å². The van der Waals surface area contributed by atoms with E-state index in [0.717, 1.165) is 14.7 Å². The van der Waals surface area contributed by atoms with Crippen molar-refractivity contribution in [2.45, 2.75) is 19.8 Å². The molecule has 0 radical (unpaired) electrons. The molecule has 1 amide bonds. The Morgan fingerprint density at radius 2 is 1.86 bits per heavy atom. The molecule has 3 rings (SSSR count). The number of aromatic nitrogens is 2. The van der Waals surface area contributed by atoms with Gasteiger partial charge in [-0.25, -0.2) is 0 Å². The van der Waals surface area contributed by atoms with Crippen molar-refractivity contribution in [3.8, 4) is 11.5 Å². The van der Waals surface area contributed by atoms with Crippen molar-refractivity contribution in [3.05, 3.63) is 63.6 Å². The molecule has 1 heterocycles. The number of esters is 1. The van der Waals surface area contributed by atoms with Crippen LogP contribution in [-0.2, 0) is 20.7 Å². The minimum Gasteiger partial charge on any atom is -0.456 e. The van der Waals surface area contributed by atoms with E-state index in [4.69, 9.17) is 9.15 Å². The summed E-state index contributed by atoms with van der Waals surface area (Å²) < 4.78 is 11.5. The SMILES string of the molecule is Cc1ccc(-c2nnc(CCC(=O)OCC(=O)Nc3ccccc3I)o2)cc1. The first kappa shape index (κ1) is 20.0. The Hall–Kier alpha value is -2.75. The van der Waals surface area contributed by atoms with Crippen LogP contribution in [0, 0.1) is 10.5 Å². The summed E-state index contributed by atoms with van der Waals surface area (Å²) in [6.07, 6.45) is 0.293. The Labute approximate surface area is 175 Å². The molecule has 1 aromatic heterocycles. The molecule has 28 heavy (non-hydrogen) atoms. The normalized spacial score (nSPS) is 10.5. The molecule has 8 heteroatoms. The fraction of sp³-hybridized carbons (Fsp3) is 0.200. The largest absolute Gasteiger partial charge is 0.456 e. The van der Waals surface area contributed by atoms with Crippen LogP contribution >= 0.6 is 22.6 Å². The minimum absolute atomic E-state index is 0.0473. The summed E-state index contributed by atoms with van der Waals surface area (Å²) in [6, 6.07) is 15.1. The molecule has 0 aliphatic rings. The van der Waals surface area contributed by atoms with E-state index < -0.39 is 11.9 Å². The zero-order valence-electron chi connectivity index (χ0n) is 15.1. The molecular formula is C20H18IN3O4. The van der Waals surface area contributed by atoms with E-state index in [2.05, 4.69) is 38.1 Å². The van der Waals surface area contributed by atoms with Crippen molar-refractivity contribution in [2.75, 3.05) is 11.9 Å². The summed E-state index contributed by atoms with van der Waals surface area (Å²) in [7, 11) is 0. The van der Waals surface area contributed by atoms with Gasteiger partial charge in [-0.05, 0) is 53.8 Å². The van der Waals surface area contributed by atoms with E-state index in [-0.39, 0.29) is 19.4 Å². The Bertz CT molecular complexity index is 970. The third kappa shape index (κ3) is 5.62. The standard InChI is InChI=1S/C20H18IN3O4/c1-13-6-8-14(9-7-13)20-24-23-18(28-20)10-11-19(26)27-12-17(25)22-16-5-3-2-4-15(16)21/h2-9H,10-12H2,1H3,(H,22,25). The number of para-hydroxylation sites is 1. The Morgan fingerprint density at radius 1 is 1.11 bits per heavy atom. The molecule has 0 saturated heterocycles. The first-order chi connectivity index (χ1) is 13.5. The number of nitrogens with one attached hydrogen (secondary N) is 1. The monoisotopic (exact) mass is 491 g/mol. The molecule has 0 aliphatic carbocycles. The predicted octanol–water partition coefficient (Wildman–Crippen LogP) is 3.76. The van der Waals surface area contributed by atoms with Crippen LogP contribution in [0.5, 0.6) is 0 Å². The molecule has 3 aromatic rings. The number of carbonyl (C=O) groups excluding carboxylic acids is 2. The third-order valence-corrected chi connectivity index (χ3v) is 4.76. The molecule has 0 spiro atoms. The number of carbonyl (C=O) groups is 2. The van der Waals surface area contributed by atoms with E-state index in [1.807, 2.05) is 49.4 Å². The van der Waals surface area contributed by atoms with Gasteiger partial charge >= 0.3 is 5.97 Å². The lowest BCUT2D eigenvalue weighted by molar-refractivity contribution is -0.147. The van der Waals surface area contributed by atoms with Crippen LogP contribution in [0.1, 0.15) is 17.9 Å². The molecular weight excluding hydrogens is 473 g/mol. The minimum atomic E-state index is -0.506. The zero-order valence-corrected chi connectivity index (χ0v) is 17.3. The molecule has 7 nitrogen and oxygen atoms in total. The smallest absolute Gasteiger partial charge is 0.306 e. The van der Waals surface area contributed by atoms with Gasteiger partial charge in [0.2, 0.25) is 11.8 Å². The molecule has 0 fully saturated rings. The van der Waals surface area contributed by atoms with Crippen molar-refractivity contribution in [2.24, 2.45) is 0 Å². The lowest BCUT2D eigenvalue weighted by Gasteiger charge is -2.07.